The van der Waals surface area contributed by atoms with Gasteiger partial charge in [-0.1, -0.05) is 5.57 Å². The van der Waals surface area contributed by atoms with E-state index in [0.717, 1.165) is 5.92 Å². The Hall–Kier alpha value is -0.300. The Labute approximate surface area is 81.6 Å². The highest BCUT2D eigenvalue weighted by atomic mass is 15.0. The van der Waals surface area contributed by atoms with Gasteiger partial charge in [0.15, 0.2) is 0 Å². The monoisotopic (exact) mass is 179 g/mol. The molecule has 2 aliphatic rings. The lowest BCUT2D eigenvalue weighted by Gasteiger charge is -2.30. The van der Waals surface area contributed by atoms with Gasteiger partial charge in [-0.05, 0) is 57.9 Å². The van der Waals surface area contributed by atoms with Gasteiger partial charge in [0.2, 0.25) is 0 Å². The average Bonchev–Trinajstić information content (AvgIpc) is 2.84. The van der Waals surface area contributed by atoms with Crippen molar-refractivity contribution in [2.24, 2.45) is 5.92 Å². The standard InChI is InChI=1S/C12H21N/c1-10(2)6-8-12(11-4-5-11)7-3-9-13-12/h11,13H,1,3-9H2,2H3. The molecule has 1 saturated carbocycles. The normalized spacial score (nSPS) is 33.6. The predicted octanol–water partition coefficient (Wildman–Crippen LogP) is 2.87. The molecular weight excluding hydrogens is 158 g/mol. The lowest BCUT2D eigenvalue weighted by molar-refractivity contribution is 0.302. The fraction of sp³-hybridized carbons (Fsp3) is 0.833. The first-order valence-electron chi connectivity index (χ1n) is 5.62. The molecule has 1 heteroatoms. The predicted molar refractivity (Wildman–Crippen MR) is 56.7 cm³/mol. The van der Waals surface area contributed by atoms with Crippen LogP contribution in [0.2, 0.25) is 0 Å². The third-order valence-electron chi connectivity index (χ3n) is 3.63. The first-order valence-corrected chi connectivity index (χ1v) is 5.62. The smallest absolute Gasteiger partial charge is 0.0213 e. The molecule has 13 heavy (non-hydrogen) atoms. The van der Waals surface area contributed by atoms with Crippen molar-refractivity contribution >= 4 is 0 Å². The average molecular weight is 179 g/mol. The molecule has 1 N–H and O–H groups in total. The number of nitrogens with one attached hydrogen (secondary N) is 1. The summed E-state index contributed by atoms with van der Waals surface area (Å²) in [6.45, 7) is 7.39. The highest BCUT2D eigenvalue weighted by molar-refractivity contribution is 5.06. The Balaban J connectivity index is 1.92. The SMILES string of the molecule is C=C(C)CCC1(C2CC2)CCCN1. The third-order valence-corrected chi connectivity index (χ3v) is 3.63. The first-order chi connectivity index (χ1) is 6.23. The maximum Gasteiger partial charge on any atom is 0.0213 e. The number of allylic oxidation sites excluding steroid dienone is 1. The van der Waals surface area contributed by atoms with Crippen LogP contribution in [-0.4, -0.2) is 12.1 Å². The van der Waals surface area contributed by atoms with Gasteiger partial charge in [-0.3, -0.25) is 0 Å². The van der Waals surface area contributed by atoms with Crippen molar-refractivity contribution in [1.29, 1.82) is 0 Å². The van der Waals surface area contributed by atoms with Crippen molar-refractivity contribution in [2.75, 3.05) is 6.54 Å². The second kappa shape index (κ2) is 3.45. The summed E-state index contributed by atoms with van der Waals surface area (Å²) in [5, 5.41) is 3.75. The summed E-state index contributed by atoms with van der Waals surface area (Å²) < 4.78 is 0. The largest absolute Gasteiger partial charge is 0.311 e. The molecule has 1 aliphatic heterocycles. The van der Waals surface area contributed by atoms with Crippen LogP contribution in [0.1, 0.15) is 45.4 Å². The van der Waals surface area contributed by atoms with Crippen molar-refractivity contribution in [1.82, 2.24) is 5.32 Å². The molecule has 1 nitrogen and oxygen atoms in total. The number of hydrogen-bond donors (Lipinski definition) is 1. The summed E-state index contributed by atoms with van der Waals surface area (Å²) in [7, 11) is 0. The van der Waals surface area contributed by atoms with Gasteiger partial charge in [-0.25, -0.2) is 0 Å². The fourth-order valence-corrected chi connectivity index (χ4v) is 2.67. The molecule has 2 rings (SSSR count). The molecule has 1 saturated heterocycles. The van der Waals surface area contributed by atoms with E-state index in [1.165, 1.54) is 50.6 Å². The number of rotatable bonds is 4. The van der Waals surface area contributed by atoms with Crippen LogP contribution in [0.5, 0.6) is 0 Å². The van der Waals surface area contributed by atoms with E-state index in [-0.39, 0.29) is 0 Å². The minimum absolute atomic E-state index is 0.527. The summed E-state index contributed by atoms with van der Waals surface area (Å²) in [6.07, 6.45) is 8.25. The van der Waals surface area contributed by atoms with Gasteiger partial charge in [0.25, 0.3) is 0 Å². The van der Waals surface area contributed by atoms with Crippen LogP contribution in [0.15, 0.2) is 12.2 Å². The summed E-state index contributed by atoms with van der Waals surface area (Å²) in [4.78, 5) is 0. The topological polar surface area (TPSA) is 12.0 Å². The zero-order valence-corrected chi connectivity index (χ0v) is 8.73. The van der Waals surface area contributed by atoms with Gasteiger partial charge in [-0.2, -0.15) is 0 Å². The van der Waals surface area contributed by atoms with Gasteiger partial charge >= 0.3 is 0 Å². The second-order valence-electron chi connectivity index (χ2n) is 4.92. The van der Waals surface area contributed by atoms with Gasteiger partial charge < -0.3 is 5.32 Å². The third kappa shape index (κ3) is 1.96. The van der Waals surface area contributed by atoms with Gasteiger partial charge in [-0.15, -0.1) is 6.58 Å². The van der Waals surface area contributed by atoms with Crippen LogP contribution in [0.3, 0.4) is 0 Å². The highest BCUT2D eigenvalue weighted by Gasteiger charge is 2.45. The van der Waals surface area contributed by atoms with E-state index < -0.39 is 0 Å². The van der Waals surface area contributed by atoms with E-state index in [9.17, 15) is 0 Å². The first kappa shape index (κ1) is 9.26. The van der Waals surface area contributed by atoms with Gasteiger partial charge in [0.05, 0.1) is 0 Å². The summed E-state index contributed by atoms with van der Waals surface area (Å²) in [5.41, 5.74) is 1.87. The van der Waals surface area contributed by atoms with Crippen molar-refractivity contribution in [3.05, 3.63) is 12.2 Å². The summed E-state index contributed by atoms with van der Waals surface area (Å²) >= 11 is 0. The molecule has 74 valence electrons. The molecule has 0 bridgehead atoms. The molecule has 1 atom stereocenters. The van der Waals surface area contributed by atoms with Crippen LogP contribution >= 0.6 is 0 Å². The summed E-state index contributed by atoms with van der Waals surface area (Å²) in [6, 6.07) is 0. The van der Waals surface area contributed by atoms with Crippen LogP contribution in [0.25, 0.3) is 0 Å². The Morgan fingerprint density at radius 1 is 1.54 bits per heavy atom. The van der Waals surface area contributed by atoms with E-state index in [4.69, 9.17) is 0 Å². The van der Waals surface area contributed by atoms with Crippen LogP contribution < -0.4 is 5.32 Å². The molecule has 0 amide bonds. The zero-order chi connectivity index (χ0) is 9.31. The fourth-order valence-electron chi connectivity index (χ4n) is 2.67. The van der Waals surface area contributed by atoms with Crippen molar-refractivity contribution in [3.63, 3.8) is 0 Å². The maximum absolute atomic E-state index is 4.00. The van der Waals surface area contributed by atoms with Crippen LogP contribution in [0.4, 0.5) is 0 Å². The van der Waals surface area contributed by atoms with Crippen molar-refractivity contribution in [2.45, 2.75) is 51.0 Å². The molecular formula is C12H21N. The van der Waals surface area contributed by atoms with Crippen LogP contribution in [0, 0.1) is 5.92 Å². The summed E-state index contributed by atoms with van der Waals surface area (Å²) in [5.74, 6) is 0.995. The quantitative estimate of drug-likeness (QED) is 0.654. The molecule has 1 aliphatic carbocycles. The lowest BCUT2D eigenvalue weighted by Crippen LogP contribution is -2.41. The van der Waals surface area contributed by atoms with E-state index in [1.807, 2.05) is 0 Å². The molecule has 0 radical (unpaired) electrons. The molecule has 1 heterocycles. The lowest BCUT2D eigenvalue weighted by atomic mass is 9.85. The molecule has 1 unspecified atom stereocenters. The van der Waals surface area contributed by atoms with E-state index in [0.29, 0.717) is 5.54 Å². The Morgan fingerprint density at radius 3 is 2.77 bits per heavy atom. The van der Waals surface area contributed by atoms with E-state index in [2.05, 4.69) is 18.8 Å². The van der Waals surface area contributed by atoms with Gasteiger partial charge in [0.1, 0.15) is 0 Å². The second-order valence-corrected chi connectivity index (χ2v) is 4.92. The van der Waals surface area contributed by atoms with Crippen molar-refractivity contribution < 1.29 is 0 Å². The Bertz CT molecular complexity index is 197. The minimum atomic E-state index is 0.527. The van der Waals surface area contributed by atoms with E-state index >= 15 is 0 Å². The minimum Gasteiger partial charge on any atom is -0.311 e. The van der Waals surface area contributed by atoms with Crippen LogP contribution in [-0.2, 0) is 0 Å². The Morgan fingerprint density at radius 2 is 2.31 bits per heavy atom. The molecule has 0 aromatic rings. The highest BCUT2D eigenvalue weighted by Crippen LogP contribution is 2.46. The van der Waals surface area contributed by atoms with Gasteiger partial charge in [0, 0.05) is 5.54 Å². The number of hydrogen-bond acceptors (Lipinski definition) is 1. The Kier molecular flexibility index (Phi) is 2.46. The molecule has 0 aromatic carbocycles. The van der Waals surface area contributed by atoms with Crippen molar-refractivity contribution in [3.8, 4) is 0 Å². The van der Waals surface area contributed by atoms with E-state index in [1.54, 1.807) is 0 Å². The zero-order valence-electron chi connectivity index (χ0n) is 8.73. The maximum atomic E-state index is 4.00. The molecule has 2 fully saturated rings. The molecule has 0 aromatic heterocycles. The molecule has 0 spiro atoms.